The van der Waals surface area contributed by atoms with Gasteiger partial charge in [0, 0.05) is 38.7 Å². The van der Waals surface area contributed by atoms with Crippen LogP contribution < -0.4 is 11.1 Å². The van der Waals surface area contributed by atoms with Crippen LogP contribution in [0, 0.1) is 5.92 Å². The van der Waals surface area contributed by atoms with E-state index >= 15 is 0 Å². The SMILES string of the molecule is CCC(N)(CC)CNC(=O)C1CC(=O)N(CCOC)C1. The summed E-state index contributed by atoms with van der Waals surface area (Å²) in [7, 11) is 1.60. The van der Waals surface area contributed by atoms with Crippen molar-refractivity contribution in [2.75, 3.05) is 33.4 Å². The number of carbonyl (C=O) groups is 2. The lowest BCUT2D eigenvalue weighted by molar-refractivity contribution is -0.129. The smallest absolute Gasteiger partial charge is 0.225 e. The molecule has 116 valence electrons. The van der Waals surface area contributed by atoms with Gasteiger partial charge < -0.3 is 20.7 Å². The molecule has 0 aromatic heterocycles. The van der Waals surface area contributed by atoms with Crippen LogP contribution >= 0.6 is 0 Å². The van der Waals surface area contributed by atoms with Gasteiger partial charge in [-0.15, -0.1) is 0 Å². The van der Waals surface area contributed by atoms with Gasteiger partial charge in [0.25, 0.3) is 0 Å². The highest BCUT2D eigenvalue weighted by Gasteiger charge is 2.34. The highest BCUT2D eigenvalue weighted by Crippen LogP contribution is 2.18. The lowest BCUT2D eigenvalue weighted by atomic mass is 9.94. The summed E-state index contributed by atoms with van der Waals surface area (Å²) >= 11 is 0. The van der Waals surface area contributed by atoms with Crippen LogP contribution in [-0.2, 0) is 14.3 Å². The van der Waals surface area contributed by atoms with Gasteiger partial charge in [0.15, 0.2) is 0 Å². The Bertz CT molecular complexity index is 343. The monoisotopic (exact) mass is 285 g/mol. The van der Waals surface area contributed by atoms with E-state index in [-0.39, 0.29) is 29.7 Å². The van der Waals surface area contributed by atoms with Gasteiger partial charge in [-0.3, -0.25) is 9.59 Å². The van der Waals surface area contributed by atoms with Gasteiger partial charge in [-0.25, -0.2) is 0 Å². The minimum Gasteiger partial charge on any atom is -0.383 e. The van der Waals surface area contributed by atoms with Gasteiger partial charge in [0.05, 0.1) is 12.5 Å². The largest absolute Gasteiger partial charge is 0.383 e. The van der Waals surface area contributed by atoms with Gasteiger partial charge in [0.2, 0.25) is 11.8 Å². The van der Waals surface area contributed by atoms with E-state index in [9.17, 15) is 9.59 Å². The summed E-state index contributed by atoms with van der Waals surface area (Å²) in [5.74, 6) is -0.320. The molecule has 1 unspecified atom stereocenters. The van der Waals surface area contributed by atoms with E-state index in [2.05, 4.69) is 5.32 Å². The molecular formula is C14H27N3O3. The third-order valence-corrected chi connectivity index (χ3v) is 4.17. The summed E-state index contributed by atoms with van der Waals surface area (Å²) < 4.78 is 4.96. The summed E-state index contributed by atoms with van der Waals surface area (Å²) in [6.45, 7) is 6.01. The molecule has 20 heavy (non-hydrogen) atoms. The fraction of sp³-hybridized carbons (Fsp3) is 0.857. The number of hydrogen-bond acceptors (Lipinski definition) is 4. The van der Waals surface area contributed by atoms with Gasteiger partial charge >= 0.3 is 0 Å². The maximum absolute atomic E-state index is 12.1. The fourth-order valence-corrected chi connectivity index (χ4v) is 2.27. The van der Waals surface area contributed by atoms with Crippen molar-refractivity contribution in [2.24, 2.45) is 11.7 Å². The Morgan fingerprint density at radius 1 is 1.50 bits per heavy atom. The Hall–Kier alpha value is -1.14. The second-order valence-corrected chi connectivity index (χ2v) is 5.52. The van der Waals surface area contributed by atoms with Crippen molar-refractivity contribution in [1.82, 2.24) is 10.2 Å². The van der Waals surface area contributed by atoms with E-state index in [1.807, 2.05) is 13.8 Å². The summed E-state index contributed by atoms with van der Waals surface area (Å²) in [6, 6.07) is 0. The van der Waals surface area contributed by atoms with Gasteiger partial charge in [-0.1, -0.05) is 13.8 Å². The first-order valence-electron chi connectivity index (χ1n) is 7.29. The van der Waals surface area contributed by atoms with E-state index in [1.54, 1.807) is 12.0 Å². The molecule has 3 N–H and O–H groups in total. The van der Waals surface area contributed by atoms with Crippen LogP contribution in [0.15, 0.2) is 0 Å². The molecule has 2 amide bonds. The molecule has 0 aromatic rings. The third kappa shape index (κ3) is 4.45. The van der Waals surface area contributed by atoms with Crippen molar-refractivity contribution in [1.29, 1.82) is 0 Å². The van der Waals surface area contributed by atoms with Gasteiger partial charge in [-0.2, -0.15) is 0 Å². The van der Waals surface area contributed by atoms with Crippen molar-refractivity contribution in [3.63, 3.8) is 0 Å². The number of methoxy groups -OCH3 is 1. The second-order valence-electron chi connectivity index (χ2n) is 5.52. The maximum Gasteiger partial charge on any atom is 0.225 e. The molecule has 0 aromatic carbocycles. The highest BCUT2D eigenvalue weighted by molar-refractivity contribution is 5.89. The Balaban J connectivity index is 2.43. The first-order chi connectivity index (χ1) is 9.45. The van der Waals surface area contributed by atoms with Crippen molar-refractivity contribution >= 4 is 11.8 Å². The number of nitrogens with zero attached hydrogens (tertiary/aromatic N) is 1. The standard InChI is InChI=1S/C14H27N3O3/c1-4-14(15,5-2)10-16-13(19)11-8-12(18)17(9-11)6-7-20-3/h11H,4-10,15H2,1-3H3,(H,16,19). The maximum atomic E-state index is 12.1. The van der Waals surface area contributed by atoms with Crippen LogP contribution in [0.2, 0.25) is 0 Å². The summed E-state index contributed by atoms with van der Waals surface area (Å²) in [5, 5.41) is 2.89. The molecule has 1 heterocycles. The fourth-order valence-electron chi connectivity index (χ4n) is 2.27. The van der Waals surface area contributed by atoms with E-state index in [4.69, 9.17) is 10.5 Å². The van der Waals surface area contributed by atoms with Crippen molar-refractivity contribution < 1.29 is 14.3 Å². The number of rotatable bonds is 8. The summed E-state index contributed by atoms with van der Waals surface area (Å²) in [5.41, 5.74) is 5.80. The zero-order chi connectivity index (χ0) is 15.2. The van der Waals surface area contributed by atoms with Gasteiger partial charge in [0.1, 0.15) is 0 Å². The quantitative estimate of drug-likeness (QED) is 0.663. The molecule has 0 saturated carbocycles. The second kappa shape index (κ2) is 7.59. The average molecular weight is 285 g/mol. The molecule has 0 spiro atoms. The Labute approximate surface area is 121 Å². The van der Waals surface area contributed by atoms with E-state index in [0.717, 1.165) is 12.8 Å². The van der Waals surface area contributed by atoms with E-state index in [0.29, 0.717) is 26.2 Å². The highest BCUT2D eigenvalue weighted by atomic mass is 16.5. The zero-order valence-corrected chi connectivity index (χ0v) is 12.8. The van der Waals surface area contributed by atoms with Gasteiger partial charge in [-0.05, 0) is 12.8 Å². The van der Waals surface area contributed by atoms with Crippen molar-refractivity contribution in [2.45, 2.75) is 38.6 Å². The normalized spacial score (nSPS) is 19.5. The zero-order valence-electron chi connectivity index (χ0n) is 12.8. The first-order valence-corrected chi connectivity index (χ1v) is 7.29. The number of ether oxygens (including phenoxy) is 1. The van der Waals surface area contributed by atoms with Crippen LogP contribution in [-0.4, -0.2) is 55.6 Å². The molecular weight excluding hydrogens is 258 g/mol. The van der Waals surface area contributed by atoms with E-state index < -0.39 is 0 Å². The third-order valence-electron chi connectivity index (χ3n) is 4.17. The van der Waals surface area contributed by atoms with Crippen molar-refractivity contribution in [3.05, 3.63) is 0 Å². The van der Waals surface area contributed by atoms with Crippen molar-refractivity contribution in [3.8, 4) is 0 Å². The Morgan fingerprint density at radius 2 is 2.15 bits per heavy atom. The van der Waals surface area contributed by atoms with E-state index in [1.165, 1.54) is 0 Å². The molecule has 1 aliphatic rings. The van der Waals surface area contributed by atoms with Crippen LogP contribution in [0.1, 0.15) is 33.1 Å². The predicted octanol–water partition coefficient (Wildman–Crippen LogP) is 0.115. The molecule has 0 radical (unpaired) electrons. The van der Waals surface area contributed by atoms with Crippen LogP contribution in [0.3, 0.4) is 0 Å². The molecule has 1 saturated heterocycles. The first kappa shape index (κ1) is 16.9. The lowest BCUT2D eigenvalue weighted by Gasteiger charge is -2.27. The lowest BCUT2D eigenvalue weighted by Crippen LogP contribution is -2.50. The molecule has 6 nitrogen and oxygen atoms in total. The molecule has 1 aliphatic heterocycles. The average Bonchev–Trinajstić information content (AvgIpc) is 2.83. The van der Waals surface area contributed by atoms with Crippen LogP contribution in [0.5, 0.6) is 0 Å². The van der Waals surface area contributed by atoms with Crippen LogP contribution in [0.25, 0.3) is 0 Å². The molecule has 0 bridgehead atoms. The number of amides is 2. The Kier molecular flexibility index (Phi) is 6.42. The number of likely N-dealkylation sites (tertiary alicyclic amines) is 1. The molecule has 0 aliphatic carbocycles. The number of hydrogen-bond donors (Lipinski definition) is 2. The molecule has 6 heteroatoms. The summed E-state index contributed by atoms with van der Waals surface area (Å²) in [6.07, 6.45) is 1.91. The molecule has 1 atom stereocenters. The van der Waals surface area contributed by atoms with Crippen LogP contribution in [0.4, 0.5) is 0 Å². The number of carbonyl (C=O) groups excluding carboxylic acids is 2. The number of nitrogens with two attached hydrogens (primary N) is 1. The molecule has 1 rings (SSSR count). The Morgan fingerprint density at radius 3 is 2.70 bits per heavy atom. The summed E-state index contributed by atoms with van der Waals surface area (Å²) in [4.78, 5) is 25.6. The predicted molar refractivity (Wildman–Crippen MR) is 77.1 cm³/mol. The topological polar surface area (TPSA) is 84.7 Å². The molecule has 1 fully saturated rings. The minimum atomic E-state index is -0.353. The minimum absolute atomic E-state index is 0.0206. The number of nitrogens with one attached hydrogen (secondary N) is 1.